The number of ether oxygens (including phenoxy) is 1. The molecule has 0 aliphatic heterocycles. The van der Waals surface area contributed by atoms with E-state index in [-0.39, 0.29) is 18.1 Å². The minimum atomic E-state index is 0.0410. The predicted molar refractivity (Wildman–Crippen MR) is 110 cm³/mol. The van der Waals surface area contributed by atoms with E-state index in [0.717, 1.165) is 10.9 Å². The molecule has 0 amide bonds. The Kier molecular flexibility index (Phi) is 5.36. The lowest BCUT2D eigenvalue weighted by Crippen LogP contribution is -2.06. The van der Waals surface area contributed by atoms with Crippen molar-refractivity contribution in [1.82, 2.24) is 19.7 Å². The predicted octanol–water partition coefficient (Wildman–Crippen LogP) is 4.50. The van der Waals surface area contributed by atoms with E-state index in [1.807, 2.05) is 48.0 Å². The van der Waals surface area contributed by atoms with Crippen molar-refractivity contribution in [3.63, 3.8) is 0 Å². The smallest absolute Gasteiger partial charge is 0.191 e. The molecule has 0 radical (unpaired) electrons. The molecule has 0 atom stereocenters. The fraction of sp³-hybridized carbons (Fsp3) is 0.150. The van der Waals surface area contributed by atoms with Crippen LogP contribution >= 0.6 is 23.4 Å². The number of benzene rings is 2. The summed E-state index contributed by atoms with van der Waals surface area (Å²) in [5.41, 5.74) is 1.64. The van der Waals surface area contributed by atoms with E-state index >= 15 is 0 Å². The van der Waals surface area contributed by atoms with Crippen molar-refractivity contribution < 1.29 is 9.53 Å². The number of ketones is 1. The normalized spacial score (nSPS) is 11.1. The third-order valence-corrected chi connectivity index (χ3v) is 5.67. The molecule has 142 valence electrons. The number of hydrogen-bond donors (Lipinski definition) is 1. The van der Waals surface area contributed by atoms with Crippen LogP contribution in [0.15, 0.2) is 59.9 Å². The summed E-state index contributed by atoms with van der Waals surface area (Å²) in [5.74, 6) is 1.57. The fourth-order valence-electron chi connectivity index (χ4n) is 2.81. The van der Waals surface area contributed by atoms with Crippen LogP contribution in [0, 0.1) is 0 Å². The van der Waals surface area contributed by atoms with Gasteiger partial charge in [0.15, 0.2) is 16.8 Å². The first-order valence-electron chi connectivity index (χ1n) is 8.61. The summed E-state index contributed by atoms with van der Waals surface area (Å²) in [6, 6.07) is 15.0. The van der Waals surface area contributed by atoms with E-state index < -0.39 is 0 Å². The second-order valence-corrected chi connectivity index (χ2v) is 7.49. The Morgan fingerprint density at radius 3 is 2.82 bits per heavy atom. The number of aromatic amines is 1. The van der Waals surface area contributed by atoms with Crippen LogP contribution in [0.25, 0.3) is 10.9 Å². The molecule has 0 spiro atoms. The summed E-state index contributed by atoms with van der Waals surface area (Å²) in [7, 11) is 1.85. The van der Waals surface area contributed by atoms with Crippen molar-refractivity contribution in [3.8, 4) is 5.75 Å². The van der Waals surface area contributed by atoms with E-state index in [2.05, 4.69) is 15.2 Å². The highest BCUT2D eigenvalue weighted by Gasteiger charge is 2.15. The first-order chi connectivity index (χ1) is 13.6. The van der Waals surface area contributed by atoms with Crippen LogP contribution in [0.2, 0.25) is 5.02 Å². The molecular weight excluding hydrogens is 396 g/mol. The Balaban J connectivity index is 1.40. The Hall–Kier alpha value is -2.77. The molecule has 4 aromatic rings. The third kappa shape index (κ3) is 3.76. The second-order valence-electron chi connectivity index (χ2n) is 6.14. The monoisotopic (exact) mass is 412 g/mol. The van der Waals surface area contributed by atoms with Gasteiger partial charge in [0, 0.05) is 29.7 Å². The molecule has 2 heterocycles. The number of halogens is 1. The first-order valence-corrected chi connectivity index (χ1v) is 9.97. The number of carbonyl (C=O) groups is 1. The summed E-state index contributed by atoms with van der Waals surface area (Å²) in [6.45, 7) is 0.240. The molecule has 2 aromatic heterocycles. The topological polar surface area (TPSA) is 72.8 Å². The number of nitrogens with zero attached hydrogens (tertiary/aromatic N) is 3. The maximum Gasteiger partial charge on any atom is 0.191 e. The number of fused-ring (bicyclic) bond motifs is 1. The van der Waals surface area contributed by atoms with Crippen LogP contribution in [0.5, 0.6) is 5.75 Å². The number of hydrogen-bond acceptors (Lipinski definition) is 5. The zero-order chi connectivity index (χ0) is 19.5. The molecule has 4 rings (SSSR count). The molecule has 0 aliphatic carbocycles. The number of para-hydroxylation sites is 2. The van der Waals surface area contributed by atoms with Crippen LogP contribution in [0.1, 0.15) is 16.2 Å². The van der Waals surface area contributed by atoms with E-state index in [4.69, 9.17) is 16.3 Å². The maximum atomic E-state index is 12.6. The van der Waals surface area contributed by atoms with Gasteiger partial charge in [0.1, 0.15) is 12.4 Å². The van der Waals surface area contributed by atoms with Gasteiger partial charge in [0.25, 0.3) is 0 Å². The quantitative estimate of drug-likeness (QED) is 0.357. The average molecular weight is 413 g/mol. The van der Waals surface area contributed by atoms with E-state index in [0.29, 0.717) is 27.3 Å². The molecule has 0 unspecified atom stereocenters. The number of H-pyrrole nitrogens is 1. The Labute approximate surface area is 170 Å². The van der Waals surface area contributed by atoms with Crippen LogP contribution < -0.4 is 4.74 Å². The van der Waals surface area contributed by atoms with Crippen molar-refractivity contribution in [3.05, 3.63) is 71.1 Å². The van der Waals surface area contributed by atoms with Crippen molar-refractivity contribution in [2.45, 2.75) is 11.8 Å². The minimum absolute atomic E-state index is 0.0410. The average Bonchev–Trinajstić information content (AvgIpc) is 3.29. The van der Waals surface area contributed by atoms with Crippen LogP contribution in [-0.2, 0) is 13.7 Å². The van der Waals surface area contributed by atoms with E-state index in [1.165, 1.54) is 11.8 Å². The van der Waals surface area contributed by atoms with Gasteiger partial charge in [-0.2, -0.15) is 0 Å². The number of nitrogens with one attached hydrogen (secondary N) is 1. The van der Waals surface area contributed by atoms with Gasteiger partial charge in [0.2, 0.25) is 0 Å². The largest absolute Gasteiger partial charge is 0.484 e. The molecule has 2 aromatic carbocycles. The van der Waals surface area contributed by atoms with Gasteiger partial charge in [-0.1, -0.05) is 53.7 Å². The molecular formula is C20H17ClN4O2S. The Morgan fingerprint density at radius 2 is 1.96 bits per heavy atom. The molecule has 0 saturated heterocycles. The van der Waals surface area contributed by atoms with Crippen LogP contribution in [-0.4, -0.2) is 31.3 Å². The van der Waals surface area contributed by atoms with Gasteiger partial charge in [-0.25, -0.2) is 0 Å². The molecule has 0 aliphatic rings. The van der Waals surface area contributed by atoms with Gasteiger partial charge in [-0.3, -0.25) is 4.79 Å². The summed E-state index contributed by atoms with van der Waals surface area (Å²) in [4.78, 5) is 15.8. The first kappa shape index (κ1) is 18.6. The maximum absolute atomic E-state index is 12.6. The van der Waals surface area contributed by atoms with Crippen molar-refractivity contribution >= 4 is 40.0 Å². The third-order valence-electron chi connectivity index (χ3n) is 4.34. The van der Waals surface area contributed by atoms with E-state index in [9.17, 15) is 4.79 Å². The van der Waals surface area contributed by atoms with E-state index in [1.54, 1.807) is 18.3 Å². The SMILES string of the molecule is Cn1c(COc2ccccc2Cl)nnc1SCC(=O)c1c[nH]c2ccccc12. The summed E-state index contributed by atoms with van der Waals surface area (Å²) in [6.07, 6.45) is 1.76. The highest BCUT2D eigenvalue weighted by atomic mass is 35.5. The molecule has 1 N–H and O–H groups in total. The zero-order valence-electron chi connectivity index (χ0n) is 15.1. The second kappa shape index (κ2) is 8.08. The number of aromatic nitrogens is 4. The summed E-state index contributed by atoms with van der Waals surface area (Å²) < 4.78 is 7.54. The van der Waals surface area contributed by atoms with Gasteiger partial charge < -0.3 is 14.3 Å². The zero-order valence-corrected chi connectivity index (χ0v) is 16.6. The van der Waals surface area contributed by atoms with Crippen LogP contribution in [0.4, 0.5) is 0 Å². The highest BCUT2D eigenvalue weighted by molar-refractivity contribution is 7.99. The molecule has 0 saturated carbocycles. The lowest BCUT2D eigenvalue weighted by atomic mass is 10.1. The molecule has 0 fully saturated rings. The van der Waals surface area contributed by atoms with Gasteiger partial charge in [-0.15, -0.1) is 10.2 Å². The van der Waals surface area contributed by atoms with Crippen molar-refractivity contribution in [2.24, 2.45) is 7.05 Å². The Bertz CT molecular complexity index is 1140. The number of carbonyl (C=O) groups excluding carboxylic acids is 1. The molecule has 8 heteroatoms. The van der Waals surface area contributed by atoms with Gasteiger partial charge >= 0.3 is 0 Å². The van der Waals surface area contributed by atoms with Crippen molar-refractivity contribution in [1.29, 1.82) is 0 Å². The standard InChI is InChI=1S/C20H17ClN4O2S/c1-25-19(11-27-18-9-5-3-7-15(18)21)23-24-20(25)28-12-17(26)14-10-22-16-8-4-2-6-13(14)16/h2-10,22H,11-12H2,1H3. The number of Topliss-reactive ketones (excluding diaryl/α,β-unsaturated/α-hetero) is 1. The Morgan fingerprint density at radius 1 is 1.18 bits per heavy atom. The van der Waals surface area contributed by atoms with Crippen molar-refractivity contribution in [2.75, 3.05) is 5.75 Å². The fourth-order valence-corrected chi connectivity index (χ4v) is 3.81. The molecule has 0 bridgehead atoms. The minimum Gasteiger partial charge on any atom is -0.484 e. The van der Waals surface area contributed by atoms with Gasteiger partial charge in [-0.05, 0) is 18.2 Å². The van der Waals surface area contributed by atoms with Crippen LogP contribution in [0.3, 0.4) is 0 Å². The highest BCUT2D eigenvalue weighted by Crippen LogP contribution is 2.25. The lowest BCUT2D eigenvalue weighted by molar-refractivity contribution is 0.102. The lowest BCUT2D eigenvalue weighted by Gasteiger charge is -2.07. The number of thioether (sulfide) groups is 1. The summed E-state index contributed by atoms with van der Waals surface area (Å²) in [5, 5.41) is 10.5. The summed E-state index contributed by atoms with van der Waals surface area (Å²) >= 11 is 7.45. The number of rotatable bonds is 7. The molecule has 6 nitrogen and oxygen atoms in total. The molecule has 28 heavy (non-hydrogen) atoms. The van der Waals surface area contributed by atoms with Gasteiger partial charge in [0.05, 0.1) is 10.8 Å².